The Hall–Kier alpha value is -2.33. The molecule has 1 unspecified atom stereocenters. The van der Waals surface area contributed by atoms with Crippen LogP contribution in [0.4, 0.5) is 10.1 Å². The predicted octanol–water partition coefficient (Wildman–Crippen LogP) is 1.68. The number of nitriles is 1. The molecule has 1 aromatic carbocycles. The Morgan fingerprint density at radius 3 is 2.82 bits per heavy atom. The molecule has 1 heterocycles. The van der Waals surface area contributed by atoms with E-state index in [9.17, 15) is 9.18 Å². The molecule has 84 valence electrons. The first-order chi connectivity index (χ1) is 8.15. The minimum absolute atomic E-state index is 0.0334. The predicted molar refractivity (Wildman–Crippen MR) is 60.4 cm³/mol. The van der Waals surface area contributed by atoms with E-state index in [0.29, 0.717) is 12.2 Å². The Morgan fingerprint density at radius 1 is 1.53 bits per heavy atom. The van der Waals surface area contributed by atoms with E-state index in [1.807, 2.05) is 0 Å². The summed E-state index contributed by atoms with van der Waals surface area (Å²) in [5.41, 5.74) is 0.415. The van der Waals surface area contributed by atoms with Gasteiger partial charge in [0.15, 0.2) is 0 Å². The summed E-state index contributed by atoms with van der Waals surface area (Å²) in [4.78, 5) is 13.1. The molecule has 1 fully saturated rings. The van der Waals surface area contributed by atoms with Crippen molar-refractivity contribution in [1.29, 1.82) is 5.26 Å². The third-order valence-electron chi connectivity index (χ3n) is 2.75. The van der Waals surface area contributed by atoms with E-state index < -0.39 is 5.82 Å². The molecular formula is C13H9FN2O. The number of rotatable bonds is 1. The van der Waals surface area contributed by atoms with Crippen LogP contribution in [0.25, 0.3) is 0 Å². The maximum absolute atomic E-state index is 13.4. The number of benzene rings is 1. The molecular weight excluding hydrogens is 219 g/mol. The molecule has 4 heteroatoms. The maximum atomic E-state index is 13.4. The van der Waals surface area contributed by atoms with E-state index in [1.165, 1.54) is 17.0 Å². The lowest BCUT2D eigenvalue weighted by molar-refractivity contribution is -0.117. The zero-order chi connectivity index (χ0) is 12.4. The third-order valence-corrected chi connectivity index (χ3v) is 2.75. The average molecular weight is 228 g/mol. The average Bonchev–Trinajstić information content (AvgIpc) is 2.70. The fraction of sp³-hybridized carbons (Fsp3) is 0.231. The summed E-state index contributed by atoms with van der Waals surface area (Å²) in [5.74, 6) is 1.66. The standard InChI is InChI=1S/C13H9FN2O/c1-2-9-5-13(17)16(8-9)11-4-3-10(7-15)12(14)6-11/h1,3-4,6,9H,5,8H2. The fourth-order valence-corrected chi connectivity index (χ4v) is 1.83. The van der Waals surface area contributed by atoms with E-state index in [0.717, 1.165) is 0 Å². The summed E-state index contributed by atoms with van der Waals surface area (Å²) >= 11 is 0. The van der Waals surface area contributed by atoms with Gasteiger partial charge in [-0.2, -0.15) is 5.26 Å². The van der Waals surface area contributed by atoms with E-state index in [1.54, 1.807) is 12.1 Å². The van der Waals surface area contributed by atoms with E-state index in [-0.39, 0.29) is 23.8 Å². The zero-order valence-electron chi connectivity index (χ0n) is 8.98. The molecule has 17 heavy (non-hydrogen) atoms. The molecule has 1 aliphatic heterocycles. The summed E-state index contributed by atoms with van der Waals surface area (Å²) in [6.07, 6.45) is 5.56. The van der Waals surface area contributed by atoms with Gasteiger partial charge in [-0.1, -0.05) is 0 Å². The van der Waals surface area contributed by atoms with Gasteiger partial charge in [0.25, 0.3) is 0 Å². The fourth-order valence-electron chi connectivity index (χ4n) is 1.83. The van der Waals surface area contributed by atoms with Gasteiger partial charge >= 0.3 is 0 Å². The number of hydrogen-bond donors (Lipinski definition) is 0. The van der Waals surface area contributed by atoms with Crippen molar-refractivity contribution >= 4 is 11.6 Å². The second-order valence-electron chi connectivity index (χ2n) is 3.85. The Morgan fingerprint density at radius 2 is 2.29 bits per heavy atom. The lowest BCUT2D eigenvalue weighted by Crippen LogP contribution is -2.24. The van der Waals surface area contributed by atoms with Crippen molar-refractivity contribution < 1.29 is 9.18 Å². The molecule has 1 amide bonds. The molecule has 0 spiro atoms. The van der Waals surface area contributed by atoms with Crippen molar-refractivity contribution in [1.82, 2.24) is 0 Å². The summed E-state index contributed by atoms with van der Waals surface area (Å²) in [6, 6.07) is 5.84. The van der Waals surface area contributed by atoms with Gasteiger partial charge in [0.2, 0.25) is 5.91 Å². The number of halogens is 1. The first kappa shape index (κ1) is 11.2. The molecule has 0 saturated carbocycles. The summed E-state index contributed by atoms with van der Waals surface area (Å²) in [7, 11) is 0. The topological polar surface area (TPSA) is 44.1 Å². The first-order valence-corrected chi connectivity index (χ1v) is 5.12. The Bertz CT molecular complexity index is 554. The van der Waals surface area contributed by atoms with Crippen LogP contribution in [0.3, 0.4) is 0 Å². The van der Waals surface area contributed by atoms with Crippen molar-refractivity contribution in [2.75, 3.05) is 11.4 Å². The second-order valence-corrected chi connectivity index (χ2v) is 3.85. The smallest absolute Gasteiger partial charge is 0.228 e. The van der Waals surface area contributed by atoms with Crippen molar-refractivity contribution in [3.8, 4) is 18.4 Å². The van der Waals surface area contributed by atoms with Gasteiger partial charge in [0, 0.05) is 24.6 Å². The molecule has 1 aromatic rings. The highest BCUT2D eigenvalue weighted by Gasteiger charge is 2.29. The van der Waals surface area contributed by atoms with E-state index >= 15 is 0 Å². The largest absolute Gasteiger partial charge is 0.311 e. The zero-order valence-corrected chi connectivity index (χ0v) is 8.98. The number of anilines is 1. The van der Waals surface area contributed by atoms with Gasteiger partial charge in [0.05, 0.1) is 5.56 Å². The molecule has 0 radical (unpaired) electrons. The van der Waals surface area contributed by atoms with E-state index in [4.69, 9.17) is 11.7 Å². The molecule has 0 aliphatic carbocycles. The van der Waals surface area contributed by atoms with Crippen LogP contribution in [0.1, 0.15) is 12.0 Å². The van der Waals surface area contributed by atoms with Gasteiger partial charge in [-0.3, -0.25) is 4.79 Å². The molecule has 1 saturated heterocycles. The van der Waals surface area contributed by atoms with Crippen LogP contribution in [0.5, 0.6) is 0 Å². The molecule has 2 rings (SSSR count). The quantitative estimate of drug-likeness (QED) is 0.686. The molecule has 0 aromatic heterocycles. The maximum Gasteiger partial charge on any atom is 0.228 e. The summed E-state index contributed by atoms with van der Waals surface area (Å²) < 4.78 is 13.4. The SMILES string of the molecule is C#CC1CC(=O)N(c2ccc(C#N)c(F)c2)C1. The highest BCUT2D eigenvalue weighted by atomic mass is 19.1. The molecule has 0 bridgehead atoms. The van der Waals surface area contributed by atoms with Gasteiger partial charge < -0.3 is 4.90 Å². The minimum atomic E-state index is -0.623. The normalized spacial score (nSPS) is 18.9. The van der Waals surface area contributed by atoms with Crippen LogP contribution in [-0.4, -0.2) is 12.5 Å². The van der Waals surface area contributed by atoms with Gasteiger partial charge in [-0.25, -0.2) is 4.39 Å². The number of nitrogens with zero attached hydrogens (tertiary/aromatic N) is 2. The second kappa shape index (κ2) is 4.27. The van der Waals surface area contributed by atoms with Crippen LogP contribution in [0.2, 0.25) is 0 Å². The highest BCUT2D eigenvalue weighted by Crippen LogP contribution is 2.26. The molecule has 0 N–H and O–H groups in total. The lowest BCUT2D eigenvalue weighted by atomic mass is 10.1. The Balaban J connectivity index is 2.31. The van der Waals surface area contributed by atoms with Gasteiger partial charge in [-0.05, 0) is 18.2 Å². The summed E-state index contributed by atoms with van der Waals surface area (Å²) in [5, 5.41) is 8.61. The van der Waals surface area contributed by atoms with Crippen LogP contribution in [0, 0.1) is 35.4 Å². The van der Waals surface area contributed by atoms with Gasteiger partial charge in [0.1, 0.15) is 11.9 Å². The summed E-state index contributed by atoms with van der Waals surface area (Å²) in [6.45, 7) is 0.403. The van der Waals surface area contributed by atoms with Crippen molar-refractivity contribution in [2.24, 2.45) is 5.92 Å². The number of hydrogen-bond acceptors (Lipinski definition) is 2. The van der Waals surface area contributed by atoms with Crippen molar-refractivity contribution in [3.63, 3.8) is 0 Å². The number of amides is 1. The van der Waals surface area contributed by atoms with Gasteiger partial charge in [-0.15, -0.1) is 12.3 Å². The van der Waals surface area contributed by atoms with Crippen LogP contribution in [-0.2, 0) is 4.79 Å². The molecule has 1 atom stereocenters. The minimum Gasteiger partial charge on any atom is -0.311 e. The van der Waals surface area contributed by atoms with Crippen LogP contribution >= 0.6 is 0 Å². The Labute approximate surface area is 98.5 Å². The highest BCUT2D eigenvalue weighted by molar-refractivity contribution is 5.96. The van der Waals surface area contributed by atoms with Crippen LogP contribution in [0.15, 0.2) is 18.2 Å². The van der Waals surface area contributed by atoms with Crippen molar-refractivity contribution in [2.45, 2.75) is 6.42 Å². The van der Waals surface area contributed by atoms with Crippen LogP contribution < -0.4 is 4.90 Å². The Kier molecular flexibility index (Phi) is 2.80. The number of carbonyl (C=O) groups is 1. The molecule has 1 aliphatic rings. The monoisotopic (exact) mass is 228 g/mol. The van der Waals surface area contributed by atoms with E-state index in [2.05, 4.69) is 5.92 Å². The first-order valence-electron chi connectivity index (χ1n) is 5.12. The van der Waals surface area contributed by atoms with Crippen molar-refractivity contribution in [3.05, 3.63) is 29.6 Å². The lowest BCUT2D eigenvalue weighted by Gasteiger charge is -2.16. The number of terminal acetylenes is 1. The molecule has 3 nitrogen and oxygen atoms in total. The third kappa shape index (κ3) is 1.98. The number of carbonyl (C=O) groups excluding carboxylic acids is 1.